The maximum atomic E-state index is 2.49. The van der Waals surface area contributed by atoms with Crippen molar-refractivity contribution in [1.29, 1.82) is 0 Å². The van der Waals surface area contributed by atoms with E-state index in [1.807, 2.05) is 11.3 Å². The highest BCUT2D eigenvalue weighted by molar-refractivity contribution is 7.26. The summed E-state index contributed by atoms with van der Waals surface area (Å²) in [5.74, 6) is 0. The van der Waals surface area contributed by atoms with Gasteiger partial charge in [-0.1, -0.05) is 264 Å². The van der Waals surface area contributed by atoms with Crippen LogP contribution in [0.1, 0.15) is 49.9 Å². The van der Waals surface area contributed by atoms with E-state index in [1.54, 1.807) is 0 Å². The SMILES string of the molecule is CC1(C)c2cc(-c3cccc(-c4ccc5cc(-c6ccc7ccccc7c6)ccc5c4)c3)c3ccccc3c2-c2ccc3ccccc3c21.CC1(C)c2cc3ccccc3cc2-c2cc3cc(-c4ccccc4-c4cccc5c4sc4ccccc45)ccc3cc21. The number of hydrogen-bond donors (Lipinski definition) is 0. The van der Waals surface area contributed by atoms with Gasteiger partial charge in [0.1, 0.15) is 0 Å². The Morgan fingerprint density at radius 3 is 1.38 bits per heavy atom. The summed E-state index contributed by atoms with van der Waals surface area (Å²) in [6, 6.07) is 113. The van der Waals surface area contributed by atoms with Crippen LogP contribution in [0, 0.1) is 0 Å². The number of benzene rings is 16. The van der Waals surface area contributed by atoms with Gasteiger partial charge < -0.3 is 0 Å². The molecule has 1 aromatic heterocycles. The van der Waals surface area contributed by atoms with Gasteiger partial charge in [0, 0.05) is 36.6 Å². The lowest BCUT2D eigenvalue weighted by molar-refractivity contribution is 0.662. The maximum Gasteiger partial charge on any atom is 0.0434 e. The minimum Gasteiger partial charge on any atom is -0.135 e. The van der Waals surface area contributed by atoms with E-state index in [0.29, 0.717) is 0 Å². The number of hydrogen-bond acceptors (Lipinski definition) is 1. The molecule has 0 nitrogen and oxygen atoms in total. The average Bonchev–Trinajstić information content (AvgIpc) is 1.86. The lowest BCUT2D eigenvalue weighted by Gasteiger charge is -2.24. The Morgan fingerprint density at radius 1 is 0.220 bits per heavy atom. The molecular weight excluding hydrogens is 1110 g/mol. The molecule has 0 spiro atoms. The van der Waals surface area contributed by atoms with Crippen molar-refractivity contribution in [1.82, 2.24) is 0 Å². The Balaban J connectivity index is 0.000000136. The van der Waals surface area contributed by atoms with Crippen molar-refractivity contribution in [2.75, 3.05) is 0 Å². The smallest absolute Gasteiger partial charge is 0.0434 e. The van der Waals surface area contributed by atoms with Crippen LogP contribution in [0.15, 0.2) is 303 Å². The second kappa shape index (κ2) is 20.4. The first-order valence-corrected chi connectivity index (χ1v) is 32.8. The fraction of sp³-hybridized carbons (Fsp3) is 0.0667. The Hall–Kier alpha value is -10.7. The summed E-state index contributed by atoms with van der Waals surface area (Å²) in [5.41, 5.74) is 23.7. The Kier molecular flexibility index (Phi) is 12.0. The fourth-order valence-electron chi connectivity index (χ4n) is 15.8. The van der Waals surface area contributed by atoms with E-state index in [-0.39, 0.29) is 10.8 Å². The predicted molar refractivity (Wildman–Crippen MR) is 393 cm³/mol. The van der Waals surface area contributed by atoms with Gasteiger partial charge in [-0.25, -0.2) is 0 Å². The van der Waals surface area contributed by atoms with Crippen LogP contribution in [0.3, 0.4) is 0 Å². The lowest BCUT2D eigenvalue weighted by atomic mass is 9.79. The van der Waals surface area contributed by atoms with E-state index in [1.165, 1.54) is 185 Å². The fourth-order valence-corrected chi connectivity index (χ4v) is 17.0. The largest absolute Gasteiger partial charge is 0.135 e. The van der Waals surface area contributed by atoms with Crippen LogP contribution in [-0.4, -0.2) is 0 Å². The zero-order chi connectivity index (χ0) is 60.7. The van der Waals surface area contributed by atoms with Gasteiger partial charge in [0.15, 0.2) is 0 Å². The highest BCUT2D eigenvalue weighted by Crippen LogP contribution is 2.56. The van der Waals surface area contributed by atoms with Gasteiger partial charge in [-0.3, -0.25) is 0 Å². The zero-order valence-corrected chi connectivity index (χ0v) is 52.1. The van der Waals surface area contributed by atoms with Crippen molar-refractivity contribution in [2.45, 2.75) is 38.5 Å². The maximum absolute atomic E-state index is 2.49. The Morgan fingerprint density at radius 2 is 0.670 bits per heavy atom. The molecule has 0 fully saturated rings. The summed E-state index contributed by atoms with van der Waals surface area (Å²) < 4.78 is 2.70. The summed E-state index contributed by atoms with van der Waals surface area (Å²) in [6.07, 6.45) is 0. The van der Waals surface area contributed by atoms with Crippen molar-refractivity contribution in [3.8, 4) is 77.9 Å². The Bertz CT molecular complexity index is 5910. The highest BCUT2D eigenvalue weighted by atomic mass is 32.1. The van der Waals surface area contributed by atoms with Gasteiger partial charge >= 0.3 is 0 Å². The highest BCUT2D eigenvalue weighted by Gasteiger charge is 2.39. The van der Waals surface area contributed by atoms with E-state index in [9.17, 15) is 0 Å². The molecule has 0 amide bonds. The lowest BCUT2D eigenvalue weighted by Crippen LogP contribution is -2.15. The van der Waals surface area contributed by atoms with Crippen molar-refractivity contribution in [3.05, 3.63) is 326 Å². The molecule has 2 aliphatic rings. The summed E-state index contributed by atoms with van der Waals surface area (Å²) in [5, 5.41) is 18.2. The third-order valence-electron chi connectivity index (χ3n) is 20.4. The van der Waals surface area contributed by atoms with Crippen LogP contribution in [-0.2, 0) is 10.8 Å². The molecule has 0 unspecified atom stereocenters. The normalized spacial score (nSPS) is 13.5. The minimum atomic E-state index is -0.119. The molecule has 2 aliphatic carbocycles. The summed E-state index contributed by atoms with van der Waals surface area (Å²) in [7, 11) is 0. The molecule has 17 aromatic rings. The zero-order valence-electron chi connectivity index (χ0n) is 51.3. The average molecular weight is 1180 g/mol. The first-order valence-electron chi connectivity index (χ1n) is 31.9. The molecule has 19 rings (SSSR count). The summed E-state index contributed by atoms with van der Waals surface area (Å²) >= 11 is 1.90. The molecule has 91 heavy (non-hydrogen) atoms. The Labute approximate surface area is 534 Å². The van der Waals surface area contributed by atoms with E-state index in [4.69, 9.17) is 0 Å². The third kappa shape index (κ3) is 8.49. The van der Waals surface area contributed by atoms with Crippen LogP contribution in [0.5, 0.6) is 0 Å². The topological polar surface area (TPSA) is 0 Å². The molecule has 0 aliphatic heterocycles. The van der Waals surface area contributed by atoms with Gasteiger partial charge in [-0.05, 0) is 226 Å². The van der Waals surface area contributed by atoms with Gasteiger partial charge in [0.2, 0.25) is 0 Å². The first-order chi connectivity index (χ1) is 44.6. The molecule has 1 heteroatoms. The van der Waals surface area contributed by atoms with Crippen LogP contribution >= 0.6 is 11.3 Å². The van der Waals surface area contributed by atoms with Crippen molar-refractivity contribution in [2.24, 2.45) is 0 Å². The molecule has 16 aromatic carbocycles. The van der Waals surface area contributed by atoms with Gasteiger partial charge in [-0.15, -0.1) is 11.3 Å². The van der Waals surface area contributed by atoms with E-state index >= 15 is 0 Å². The second-order valence-corrected chi connectivity index (χ2v) is 27.4. The first kappa shape index (κ1) is 53.3. The molecule has 0 N–H and O–H groups in total. The minimum absolute atomic E-state index is 0.0307. The number of thiophene rings is 1. The van der Waals surface area contributed by atoms with Gasteiger partial charge in [0.25, 0.3) is 0 Å². The number of rotatable bonds is 5. The molecule has 1 heterocycles. The van der Waals surface area contributed by atoms with Crippen molar-refractivity contribution < 1.29 is 0 Å². The van der Waals surface area contributed by atoms with E-state index < -0.39 is 0 Å². The molecular formula is C90H62S. The summed E-state index contributed by atoms with van der Waals surface area (Å²) in [4.78, 5) is 0. The van der Waals surface area contributed by atoms with Gasteiger partial charge in [0.05, 0.1) is 0 Å². The molecule has 0 radical (unpaired) electrons. The van der Waals surface area contributed by atoms with Crippen LogP contribution < -0.4 is 0 Å². The molecule has 428 valence electrons. The molecule has 0 atom stereocenters. The second-order valence-electron chi connectivity index (χ2n) is 26.3. The molecule has 0 saturated carbocycles. The third-order valence-corrected chi connectivity index (χ3v) is 21.6. The molecule has 0 bridgehead atoms. The van der Waals surface area contributed by atoms with Crippen LogP contribution in [0.25, 0.3) is 163 Å². The monoisotopic (exact) mass is 1170 g/mol. The predicted octanol–water partition coefficient (Wildman–Crippen LogP) is 25.6. The van der Waals surface area contributed by atoms with E-state index in [0.717, 1.165) is 0 Å². The van der Waals surface area contributed by atoms with Gasteiger partial charge in [-0.2, -0.15) is 0 Å². The standard InChI is InChI=1S/C49H34.C41H28S/c1-49(2)46-30-45(42-16-7-8-17-43(42)47(46)44-25-24-32-11-5-6-15-41(32)48(44)49)40-14-9-13-34(29-40)35-20-21-39-28-38(23-22-37(39)27-35)36-19-18-31-10-3-4-12-33(31)26-36;1-41(2)37-23-26-11-4-3-10-25(26)21-35(37)36-22-29-20-28(19-18-27(29)24-38(36)41)30-12-5-6-13-31(30)33-15-9-16-34-32-14-7-8-17-39(32)42-40(33)34/h3-30H,1-2H3;3-24H,1-2H3. The summed E-state index contributed by atoms with van der Waals surface area (Å²) in [6.45, 7) is 9.55. The van der Waals surface area contributed by atoms with Crippen molar-refractivity contribution >= 4 is 96.1 Å². The van der Waals surface area contributed by atoms with Crippen molar-refractivity contribution in [3.63, 3.8) is 0 Å². The molecule has 0 saturated heterocycles. The van der Waals surface area contributed by atoms with Crippen LogP contribution in [0.4, 0.5) is 0 Å². The quantitative estimate of drug-likeness (QED) is 0.161. The van der Waals surface area contributed by atoms with Crippen LogP contribution in [0.2, 0.25) is 0 Å². The number of fused-ring (bicyclic) bond motifs is 17. The van der Waals surface area contributed by atoms with E-state index in [2.05, 4.69) is 331 Å².